The summed E-state index contributed by atoms with van der Waals surface area (Å²) >= 11 is 0. The fourth-order valence-electron chi connectivity index (χ4n) is 1.53. The van der Waals surface area contributed by atoms with Gasteiger partial charge in [0.15, 0.2) is 11.5 Å². The first-order chi connectivity index (χ1) is 8.58. The summed E-state index contributed by atoms with van der Waals surface area (Å²) in [6, 6.07) is 5.22. The molecule has 0 fully saturated rings. The van der Waals surface area contributed by atoms with Crippen LogP contribution in [0, 0.1) is 0 Å². The van der Waals surface area contributed by atoms with Crippen molar-refractivity contribution in [3.05, 3.63) is 23.8 Å². The molecule has 0 saturated heterocycles. The number of hydrogen-bond acceptors (Lipinski definition) is 4. The maximum atomic E-state index is 11.3. The highest BCUT2D eigenvalue weighted by molar-refractivity contribution is 5.85. The van der Waals surface area contributed by atoms with Gasteiger partial charge in [-0.3, -0.25) is 4.79 Å². The largest absolute Gasteiger partial charge is 0.493 e. The molecule has 0 aliphatic carbocycles. The Kier molecular flexibility index (Phi) is 7.95. The molecule has 1 rings (SSSR count). The van der Waals surface area contributed by atoms with Crippen molar-refractivity contribution in [3.63, 3.8) is 0 Å². The first-order valence-electron chi connectivity index (χ1n) is 5.82. The summed E-state index contributed by atoms with van der Waals surface area (Å²) in [6.07, 6.45) is 0.721. The van der Waals surface area contributed by atoms with Crippen LogP contribution in [0.3, 0.4) is 0 Å². The van der Waals surface area contributed by atoms with Gasteiger partial charge in [-0.2, -0.15) is 0 Å². The van der Waals surface area contributed by atoms with Crippen LogP contribution in [0.2, 0.25) is 0 Å². The van der Waals surface area contributed by atoms with E-state index in [1.807, 2.05) is 18.2 Å². The molecule has 0 saturated carbocycles. The number of carbonyl (C=O) groups is 1. The second-order valence-corrected chi connectivity index (χ2v) is 4.02. The molecule has 0 radical (unpaired) electrons. The molecular weight excluding hydrogens is 268 g/mol. The lowest BCUT2D eigenvalue weighted by Crippen LogP contribution is -2.39. The van der Waals surface area contributed by atoms with Gasteiger partial charge in [-0.15, -0.1) is 12.4 Å². The first-order valence-corrected chi connectivity index (χ1v) is 5.82. The van der Waals surface area contributed by atoms with Crippen molar-refractivity contribution in [2.45, 2.75) is 19.4 Å². The molecule has 108 valence electrons. The number of methoxy groups -OCH3 is 2. The normalized spacial score (nSPS) is 11.2. The van der Waals surface area contributed by atoms with Crippen molar-refractivity contribution in [1.29, 1.82) is 0 Å². The summed E-state index contributed by atoms with van der Waals surface area (Å²) in [7, 11) is 3.19. The SMILES string of the molecule is COc1ccc(CCNC(=O)[C@H](C)N)cc1OC.Cl. The van der Waals surface area contributed by atoms with Gasteiger partial charge in [0, 0.05) is 6.54 Å². The van der Waals surface area contributed by atoms with Crippen LogP contribution in [-0.2, 0) is 11.2 Å². The van der Waals surface area contributed by atoms with Crippen molar-refractivity contribution < 1.29 is 14.3 Å². The highest BCUT2D eigenvalue weighted by Crippen LogP contribution is 2.27. The van der Waals surface area contributed by atoms with Crippen molar-refractivity contribution >= 4 is 18.3 Å². The number of nitrogens with two attached hydrogens (primary N) is 1. The van der Waals surface area contributed by atoms with E-state index in [-0.39, 0.29) is 18.3 Å². The number of nitrogens with one attached hydrogen (secondary N) is 1. The van der Waals surface area contributed by atoms with Gasteiger partial charge in [0.2, 0.25) is 5.91 Å². The van der Waals surface area contributed by atoms with Gasteiger partial charge >= 0.3 is 0 Å². The van der Waals surface area contributed by atoms with Crippen LogP contribution in [0.1, 0.15) is 12.5 Å². The Morgan fingerprint density at radius 1 is 1.32 bits per heavy atom. The number of ether oxygens (including phenoxy) is 2. The van der Waals surface area contributed by atoms with Gasteiger partial charge in [0.25, 0.3) is 0 Å². The molecular formula is C13H21ClN2O3. The van der Waals surface area contributed by atoms with Crippen LogP contribution in [0.5, 0.6) is 11.5 Å². The van der Waals surface area contributed by atoms with Crippen LogP contribution < -0.4 is 20.5 Å². The molecule has 1 aromatic carbocycles. The minimum atomic E-state index is -0.476. The lowest BCUT2D eigenvalue weighted by Gasteiger charge is -2.10. The Morgan fingerprint density at radius 2 is 1.95 bits per heavy atom. The van der Waals surface area contributed by atoms with E-state index in [0.717, 1.165) is 12.0 Å². The van der Waals surface area contributed by atoms with Crippen LogP contribution in [0.25, 0.3) is 0 Å². The predicted octanol–water partition coefficient (Wildman–Crippen LogP) is 1.13. The fraction of sp³-hybridized carbons (Fsp3) is 0.462. The van der Waals surface area contributed by atoms with E-state index in [2.05, 4.69) is 5.32 Å². The van der Waals surface area contributed by atoms with E-state index in [4.69, 9.17) is 15.2 Å². The van der Waals surface area contributed by atoms with Crippen LogP contribution in [0.15, 0.2) is 18.2 Å². The van der Waals surface area contributed by atoms with Crippen molar-refractivity contribution in [2.75, 3.05) is 20.8 Å². The molecule has 1 aromatic rings. The van der Waals surface area contributed by atoms with Gasteiger partial charge < -0.3 is 20.5 Å². The second kappa shape index (κ2) is 8.61. The maximum Gasteiger partial charge on any atom is 0.236 e. The summed E-state index contributed by atoms with van der Waals surface area (Å²) in [5, 5.41) is 2.76. The molecule has 0 aliphatic rings. The van der Waals surface area contributed by atoms with Crippen LogP contribution >= 0.6 is 12.4 Å². The molecule has 6 heteroatoms. The van der Waals surface area contributed by atoms with Gasteiger partial charge in [-0.25, -0.2) is 0 Å². The second-order valence-electron chi connectivity index (χ2n) is 4.02. The van der Waals surface area contributed by atoms with Gasteiger partial charge in [0.1, 0.15) is 0 Å². The zero-order valence-electron chi connectivity index (χ0n) is 11.4. The minimum Gasteiger partial charge on any atom is -0.493 e. The summed E-state index contributed by atoms with van der Waals surface area (Å²) in [4.78, 5) is 11.3. The van der Waals surface area contributed by atoms with Crippen molar-refractivity contribution in [2.24, 2.45) is 5.73 Å². The Bertz CT molecular complexity index is 411. The standard InChI is InChI=1S/C13H20N2O3.ClH/c1-9(14)13(16)15-7-6-10-4-5-11(17-2)12(8-10)18-3;/h4-5,8-9H,6-7,14H2,1-3H3,(H,15,16);1H/t9-;/m0./s1. The van der Waals surface area contributed by atoms with Crippen LogP contribution in [-0.4, -0.2) is 32.7 Å². The Labute approximate surface area is 119 Å². The molecule has 0 bridgehead atoms. The predicted molar refractivity (Wildman–Crippen MR) is 77.2 cm³/mol. The van der Waals surface area contributed by atoms with Gasteiger partial charge in [-0.05, 0) is 31.0 Å². The number of benzene rings is 1. The average Bonchev–Trinajstić information content (AvgIpc) is 2.38. The first kappa shape index (κ1) is 17.5. The summed E-state index contributed by atoms with van der Waals surface area (Å²) in [5.41, 5.74) is 6.52. The zero-order chi connectivity index (χ0) is 13.5. The topological polar surface area (TPSA) is 73.6 Å². The number of halogens is 1. The molecule has 19 heavy (non-hydrogen) atoms. The molecule has 0 heterocycles. The molecule has 0 unspecified atom stereocenters. The Morgan fingerprint density at radius 3 is 2.47 bits per heavy atom. The van der Waals surface area contributed by atoms with E-state index in [1.54, 1.807) is 21.1 Å². The van der Waals surface area contributed by atoms with Crippen molar-refractivity contribution in [1.82, 2.24) is 5.32 Å². The van der Waals surface area contributed by atoms with Gasteiger partial charge in [0.05, 0.1) is 20.3 Å². The maximum absolute atomic E-state index is 11.3. The number of carbonyl (C=O) groups excluding carboxylic acids is 1. The molecule has 0 aromatic heterocycles. The number of rotatable bonds is 6. The third-order valence-corrected chi connectivity index (χ3v) is 2.57. The zero-order valence-corrected chi connectivity index (χ0v) is 12.3. The summed E-state index contributed by atoms with van der Waals surface area (Å²) in [6.45, 7) is 2.21. The number of hydrogen-bond donors (Lipinski definition) is 2. The summed E-state index contributed by atoms with van der Waals surface area (Å²) < 4.78 is 10.4. The molecule has 1 atom stereocenters. The quantitative estimate of drug-likeness (QED) is 0.823. The monoisotopic (exact) mass is 288 g/mol. The highest BCUT2D eigenvalue weighted by atomic mass is 35.5. The van der Waals surface area contributed by atoms with E-state index in [0.29, 0.717) is 18.0 Å². The van der Waals surface area contributed by atoms with E-state index in [9.17, 15) is 4.79 Å². The van der Waals surface area contributed by atoms with Gasteiger partial charge in [-0.1, -0.05) is 6.07 Å². The molecule has 0 aliphatic heterocycles. The Hall–Kier alpha value is -1.46. The van der Waals surface area contributed by atoms with Crippen molar-refractivity contribution in [3.8, 4) is 11.5 Å². The Balaban J connectivity index is 0.00000324. The number of amides is 1. The highest BCUT2D eigenvalue weighted by Gasteiger charge is 2.07. The molecule has 3 N–H and O–H groups in total. The lowest BCUT2D eigenvalue weighted by atomic mass is 10.1. The third-order valence-electron chi connectivity index (χ3n) is 2.57. The smallest absolute Gasteiger partial charge is 0.236 e. The van der Waals surface area contributed by atoms with E-state index >= 15 is 0 Å². The summed E-state index contributed by atoms with van der Waals surface area (Å²) in [5.74, 6) is 1.24. The molecule has 0 spiro atoms. The molecule has 1 amide bonds. The fourth-order valence-corrected chi connectivity index (χ4v) is 1.53. The van der Waals surface area contributed by atoms with E-state index < -0.39 is 6.04 Å². The van der Waals surface area contributed by atoms with E-state index in [1.165, 1.54) is 0 Å². The average molecular weight is 289 g/mol. The lowest BCUT2D eigenvalue weighted by molar-refractivity contribution is -0.121. The molecule has 5 nitrogen and oxygen atoms in total. The minimum absolute atomic E-state index is 0. The van der Waals surface area contributed by atoms with Crippen LogP contribution in [0.4, 0.5) is 0 Å². The third kappa shape index (κ3) is 5.36.